The van der Waals surface area contributed by atoms with E-state index in [2.05, 4.69) is 43.0 Å². The highest BCUT2D eigenvalue weighted by molar-refractivity contribution is 7.80. The Morgan fingerprint density at radius 1 is 0.938 bits per heavy atom. The van der Waals surface area contributed by atoms with Crippen LogP contribution in [0.2, 0.25) is 0 Å². The summed E-state index contributed by atoms with van der Waals surface area (Å²) in [5, 5.41) is 4.22. The van der Waals surface area contributed by atoms with E-state index < -0.39 is 0 Å². The molecular formula is C25H23N5OS. The summed E-state index contributed by atoms with van der Waals surface area (Å²) < 4.78 is 7.43. The molecule has 0 aliphatic carbocycles. The van der Waals surface area contributed by atoms with Gasteiger partial charge < -0.3 is 19.5 Å². The molecule has 0 radical (unpaired) electrons. The fraction of sp³-hybridized carbons (Fsp3) is 0.160. The number of ether oxygens (including phenoxy) is 1. The molecule has 1 saturated heterocycles. The van der Waals surface area contributed by atoms with Crippen molar-refractivity contribution in [3.05, 3.63) is 108 Å². The molecule has 0 spiro atoms. The Bertz CT molecular complexity index is 1190. The first-order valence-corrected chi connectivity index (χ1v) is 10.8. The normalized spacial score (nSPS) is 17.9. The molecule has 0 amide bonds. The first kappa shape index (κ1) is 20.2. The van der Waals surface area contributed by atoms with Crippen LogP contribution in [0.15, 0.2) is 91.4 Å². The zero-order chi connectivity index (χ0) is 21.9. The molecule has 0 unspecified atom stereocenters. The summed E-state index contributed by atoms with van der Waals surface area (Å²) in [6.07, 6.45) is 5.67. The third kappa shape index (κ3) is 3.83. The van der Waals surface area contributed by atoms with Gasteiger partial charge in [0.2, 0.25) is 0 Å². The zero-order valence-corrected chi connectivity index (χ0v) is 18.4. The molecule has 7 heteroatoms. The van der Waals surface area contributed by atoms with Gasteiger partial charge in [0.05, 0.1) is 24.9 Å². The monoisotopic (exact) mass is 441 g/mol. The smallest absolute Gasteiger partial charge is 0.170 e. The number of hydrogen-bond donors (Lipinski definition) is 1. The second-order valence-electron chi connectivity index (χ2n) is 7.59. The van der Waals surface area contributed by atoms with E-state index in [1.54, 1.807) is 7.11 Å². The summed E-state index contributed by atoms with van der Waals surface area (Å²) in [5.74, 6) is 1.71. The van der Waals surface area contributed by atoms with Crippen molar-refractivity contribution < 1.29 is 4.74 Å². The number of thiocarbonyl (C=S) groups is 1. The molecule has 0 bridgehead atoms. The van der Waals surface area contributed by atoms with Crippen LogP contribution in [0.5, 0.6) is 5.75 Å². The van der Waals surface area contributed by atoms with Gasteiger partial charge in [-0.3, -0.25) is 4.98 Å². The Kier molecular flexibility index (Phi) is 5.56. The molecule has 1 fully saturated rings. The Balaban J connectivity index is 1.57. The number of rotatable bonds is 6. The lowest BCUT2D eigenvalue weighted by Crippen LogP contribution is -2.30. The van der Waals surface area contributed by atoms with Crippen LogP contribution in [0.4, 0.5) is 0 Å². The molecule has 32 heavy (non-hydrogen) atoms. The summed E-state index contributed by atoms with van der Waals surface area (Å²) in [5.41, 5.74) is 3.20. The number of benzene rings is 1. The van der Waals surface area contributed by atoms with Crippen molar-refractivity contribution in [1.82, 2.24) is 24.8 Å². The van der Waals surface area contributed by atoms with Gasteiger partial charge >= 0.3 is 0 Å². The molecule has 1 aliphatic rings. The first-order valence-electron chi connectivity index (χ1n) is 10.4. The Morgan fingerprint density at radius 2 is 1.72 bits per heavy atom. The molecule has 1 N–H and O–H groups in total. The maximum absolute atomic E-state index is 5.81. The van der Waals surface area contributed by atoms with Gasteiger partial charge in [0.25, 0.3) is 0 Å². The fourth-order valence-corrected chi connectivity index (χ4v) is 4.47. The minimum atomic E-state index is -0.0840. The predicted molar refractivity (Wildman–Crippen MR) is 128 cm³/mol. The number of aromatic nitrogens is 3. The Morgan fingerprint density at radius 3 is 2.41 bits per heavy atom. The Hall–Kier alpha value is -3.71. The van der Waals surface area contributed by atoms with Gasteiger partial charge in [-0.05, 0) is 66.3 Å². The molecule has 3 aromatic heterocycles. The summed E-state index contributed by atoms with van der Waals surface area (Å²) in [7, 11) is 1.67. The van der Waals surface area contributed by atoms with Crippen LogP contribution < -0.4 is 10.1 Å². The molecule has 0 saturated carbocycles. The van der Waals surface area contributed by atoms with Crippen LogP contribution in [-0.2, 0) is 6.54 Å². The van der Waals surface area contributed by atoms with Crippen LogP contribution in [0.25, 0.3) is 5.82 Å². The number of nitrogens with zero attached hydrogens (tertiary/aromatic N) is 4. The number of hydrogen-bond acceptors (Lipinski definition) is 4. The van der Waals surface area contributed by atoms with E-state index >= 15 is 0 Å². The summed E-state index contributed by atoms with van der Waals surface area (Å²) in [6, 6.07) is 24.0. The summed E-state index contributed by atoms with van der Waals surface area (Å²) in [4.78, 5) is 11.4. The van der Waals surface area contributed by atoms with Crippen molar-refractivity contribution in [2.24, 2.45) is 0 Å². The van der Waals surface area contributed by atoms with Gasteiger partial charge in [0, 0.05) is 30.8 Å². The molecule has 4 aromatic rings. The lowest BCUT2D eigenvalue weighted by molar-refractivity contribution is 0.302. The molecule has 1 aliphatic heterocycles. The fourth-order valence-electron chi connectivity index (χ4n) is 4.17. The highest BCUT2D eigenvalue weighted by Crippen LogP contribution is 2.40. The van der Waals surface area contributed by atoms with Crippen LogP contribution >= 0.6 is 12.2 Å². The summed E-state index contributed by atoms with van der Waals surface area (Å²) in [6.45, 7) is 0.664. The lowest BCUT2D eigenvalue weighted by atomic mass is 10.0. The van der Waals surface area contributed by atoms with Crippen molar-refractivity contribution in [3.63, 3.8) is 0 Å². The molecule has 2 atom stereocenters. The van der Waals surface area contributed by atoms with Crippen molar-refractivity contribution in [2.75, 3.05) is 7.11 Å². The Labute approximate surface area is 192 Å². The van der Waals surface area contributed by atoms with Gasteiger partial charge in [-0.2, -0.15) is 0 Å². The third-order valence-electron chi connectivity index (χ3n) is 5.69. The molecule has 6 nitrogen and oxygen atoms in total. The average Bonchev–Trinajstić information content (AvgIpc) is 3.45. The van der Waals surface area contributed by atoms with Gasteiger partial charge in [-0.15, -0.1) is 0 Å². The molecule has 160 valence electrons. The summed E-state index contributed by atoms with van der Waals surface area (Å²) >= 11 is 5.81. The highest BCUT2D eigenvalue weighted by Gasteiger charge is 2.41. The number of pyridine rings is 2. The van der Waals surface area contributed by atoms with E-state index in [9.17, 15) is 0 Å². The van der Waals surface area contributed by atoms with Gasteiger partial charge in [-0.1, -0.05) is 24.3 Å². The van der Waals surface area contributed by atoms with Crippen LogP contribution in [-0.4, -0.2) is 31.7 Å². The van der Waals surface area contributed by atoms with E-state index in [4.69, 9.17) is 17.0 Å². The quantitative estimate of drug-likeness (QED) is 0.446. The first-order chi connectivity index (χ1) is 15.7. The maximum Gasteiger partial charge on any atom is 0.170 e. The van der Waals surface area contributed by atoms with Gasteiger partial charge in [0.1, 0.15) is 11.6 Å². The van der Waals surface area contributed by atoms with Gasteiger partial charge in [-0.25, -0.2) is 4.98 Å². The standard InChI is InChI=1S/C25H23N5OS/c1-31-19-12-10-18(11-13-19)17-30-24(23(28-25(30)32)20-7-2-4-14-26-20)21-8-6-16-29(21)22-9-3-5-15-27-22/h2-16,23-24H,17H2,1H3,(H,28,32)/t23-,24-/m0/s1. The zero-order valence-electron chi connectivity index (χ0n) is 17.6. The van der Waals surface area contributed by atoms with Crippen LogP contribution in [0, 0.1) is 0 Å². The van der Waals surface area contributed by atoms with Crippen LogP contribution in [0.3, 0.4) is 0 Å². The predicted octanol–water partition coefficient (Wildman–Crippen LogP) is 4.45. The second kappa shape index (κ2) is 8.80. The van der Waals surface area contributed by atoms with E-state index in [0.717, 1.165) is 28.5 Å². The SMILES string of the molecule is COc1ccc(CN2C(=S)N[C@@H](c3ccccn3)[C@@H]2c2cccn2-c2ccccn2)cc1. The number of methoxy groups -OCH3 is 1. The van der Waals surface area contributed by atoms with E-state index in [0.29, 0.717) is 11.7 Å². The minimum Gasteiger partial charge on any atom is -0.497 e. The van der Waals surface area contributed by atoms with Crippen molar-refractivity contribution in [1.29, 1.82) is 0 Å². The van der Waals surface area contributed by atoms with E-state index in [-0.39, 0.29) is 12.1 Å². The minimum absolute atomic E-state index is 0.0588. The molecule has 4 heterocycles. The van der Waals surface area contributed by atoms with Crippen molar-refractivity contribution in [2.45, 2.75) is 18.6 Å². The molecule has 5 rings (SSSR count). The third-order valence-corrected chi connectivity index (χ3v) is 6.04. The highest BCUT2D eigenvalue weighted by atomic mass is 32.1. The van der Waals surface area contributed by atoms with Crippen molar-refractivity contribution in [3.8, 4) is 11.6 Å². The van der Waals surface area contributed by atoms with Crippen LogP contribution in [0.1, 0.15) is 29.0 Å². The van der Waals surface area contributed by atoms with E-state index in [1.165, 1.54) is 0 Å². The van der Waals surface area contributed by atoms with Crippen molar-refractivity contribution >= 4 is 17.3 Å². The lowest BCUT2D eigenvalue weighted by Gasteiger charge is -2.29. The number of nitrogens with one attached hydrogen (secondary N) is 1. The second-order valence-corrected chi connectivity index (χ2v) is 7.98. The average molecular weight is 442 g/mol. The molecule has 1 aromatic carbocycles. The topological polar surface area (TPSA) is 55.2 Å². The van der Waals surface area contributed by atoms with Gasteiger partial charge in [0.15, 0.2) is 5.11 Å². The maximum atomic E-state index is 5.81. The molecular weight excluding hydrogens is 418 g/mol. The largest absolute Gasteiger partial charge is 0.497 e. The van der Waals surface area contributed by atoms with E-state index in [1.807, 2.05) is 73.2 Å².